The van der Waals surface area contributed by atoms with E-state index in [-0.39, 0.29) is 50.3 Å². The van der Waals surface area contributed by atoms with Crippen molar-refractivity contribution < 1.29 is 37.0 Å². The van der Waals surface area contributed by atoms with E-state index in [1.165, 1.54) is 0 Å². The van der Waals surface area contributed by atoms with Crippen LogP contribution < -0.4 is 0 Å². The van der Waals surface area contributed by atoms with E-state index in [9.17, 15) is 13.2 Å². The van der Waals surface area contributed by atoms with Gasteiger partial charge in [-0.15, -0.1) is 0 Å². The van der Waals surface area contributed by atoms with E-state index < -0.39 is 24.9 Å². The molecule has 0 fully saturated rings. The molecule has 0 bridgehead atoms. The molecule has 3 atom stereocenters. The molecule has 0 saturated carbocycles. The van der Waals surface area contributed by atoms with Crippen molar-refractivity contribution in [3.63, 3.8) is 0 Å². The number of rotatable bonds is 0. The smallest absolute Gasteiger partial charge is 0.395 e. The molecule has 118 valence electrons. The van der Waals surface area contributed by atoms with E-state index in [1.807, 2.05) is 0 Å². The average molecular weight is 473 g/mol. The summed E-state index contributed by atoms with van der Waals surface area (Å²) in [5.41, 5.74) is 5.75. The van der Waals surface area contributed by atoms with Gasteiger partial charge in [0.15, 0.2) is 0 Å². The second kappa shape index (κ2) is 18.2. The zero-order chi connectivity index (χ0) is 14.9. The first kappa shape index (κ1) is 24.3. The van der Waals surface area contributed by atoms with Crippen molar-refractivity contribution in [2.24, 2.45) is 5.92 Å². The molecule has 2 nitrogen and oxygen atoms in total. The van der Waals surface area contributed by atoms with Crippen LogP contribution in [0.2, 0.25) is 0 Å². The van der Waals surface area contributed by atoms with Gasteiger partial charge in [-0.2, -0.15) is 13.2 Å². The molecule has 0 aromatic rings. The topological polar surface area (TPSA) is 39.4 Å². The van der Waals surface area contributed by atoms with Gasteiger partial charge in [0.25, 0.3) is 0 Å². The summed E-state index contributed by atoms with van der Waals surface area (Å²) in [5, 5.41) is 0. The monoisotopic (exact) mass is 473 g/mol. The molecule has 1 aliphatic rings. The van der Waals surface area contributed by atoms with Crippen molar-refractivity contribution in [3.8, 4) is 0 Å². The number of nitroso groups, excluding NO2 is 1. The van der Waals surface area contributed by atoms with Gasteiger partial charge >= 0.3 is 6.18 Å². The number of hydrogen-bond acceptors (Lipinski definition) is 1. The zero-order valence-corrected chi connectivity index (χ0v) is 15.9. The number of alkyl halides is 3. The maximum atomic E-state index is 12.0. The van der Waals surface area contributed by atoms with Crippen LogP contribution in [0.15, 0.2) is 12.2 Å². The third-order valence-electron chi connectivity index (χ3n) is 1.40. The summed E-state index contributed by atoms with van der Waals surface area (Å²) >= 11 is 0. The van der Waals surface area contributed by atoms with E-state index >= 15 is 0 Å². The van der Waals surface area contributed by atoms with Crippen molar-refractivity contribution >= 4 is 7.92 Å². The summed E-state index contributed by atoms with van der Waals surface area (Å²) in [6.07, 6.45) is -4.14. The Bertz CT molecular complexity index is 256. The molecule has 7 heteroatoms. The summed E-state index contributed by atoms with van der Waals surface area (Å²) in [6.45, 7) is 6.81. The molecule has 0 spiro atoms. The fourth-order valence-electron chi connectivity index (χ4n) is 0.823. The standard InChI is InChI=1S/C7H9F3.C3H9P.2CH3.NO.W/c8-7(9,10)6-4-2-1-3-5-6;1-4(2)3;;;1-2;/h2,4,6H,1,3,5H2;1-3H3;2*1H3;;/q;;3*-1;/p+1/t6-;;;;;/m1...../s1/i1D,3D;;;;;/t1-,3+,6+;;;;;/m0...... The molecular formula is C12H25F3NOPW-2. The second-order valence-corrected chi connectivity index (χ2v) is 6.70. The van der Waals surface area contributed by atoms with Gasteiger partial charge in [-0.3, -0.25) is 0 Å². The molecule has 0 aromatic heterocycles. The molecule has 0 aliphatic heterocycles. The molecule has 0 amide bonds. The van der Waals surface area contributed by atoms with Crippen LogP contribution in [0, 0.1) is 25.7 Å². The van der Waals surface area contributed by atoms with Gasteiger partial charge in [0.1, 0.15) is 0 Å². The van der Waals surface area contributed by atoms with Crippen molar-refractivity contribution in [2.45, 2.75) is 25.4 Å². The van der Waals surface area contributed by atoms with Crippen LogP contribution in [0.5, 0.6) is 0 Å². The van der Waals surface area contributed by atoms with Crippen molar-refractivity contribution in [1.82, 2.24) is 0 Å². The fraction of sp³-hybridized carbons (Fsp3) is 0.667. The van der Waals surface area contributed by atoms with Gasteiger partial charge in [0.05, 0.1) is 5.92 Å². The molecule has 1 rings (SSSR count). The quantitative estimate of drug-likeness (QED) is 0.271. The fourth-order valence-corrected chi connectivity index (χ4v) is 0.823. The minimum Gasteiger partial charge on any atom is -0.577 e. The predicted molar refractivity (Wildman–Crippen MR) is 78.2 cm³/mol. The first-order chi connectivity index (χ1) is 8.14. The Kier molecular flexibility index (Phi) is 23.3. The molecule has 0 heterocycles. The van der Waals surface area contributed by atoms with Crippen molar-refractivity contribution in [3.05, 3.63) is 37.5 Å². The van der Waals surface area contributed by atoms with Crippen LogP contribution in [0.3, 0.4) is 0 Å². The van der Waals surface area contributed by atoms with Gasteiger partial charge in [0.2, 0.25) is 0 Å². The maximum Gasteiger partial charge on any atom is 0.395 e. The number of nitrogens with zero attached hydrogens (tertiary/aromatic N) is 1. The van der Waals surface area contributed by atoms with E-state index in [0.29, 0.717) is 0 Å². The third-order valence-corrected chi connectivity index (χ3v) is 1.40. The Morgan fingerprint density at radius 3 is 1.89 bits per heavy atom. The Balaban J connectivity index is -0.0000000833. The van der Waals surface area contributed by atoms with Crippen LogP contribution in [0.1, 0.15) is 22.0 Å². The summed E-state index contributed by atoms with van der Waals surface area (Å²) in [5.74, 6) is -1.53. The minimum atomic E-state index is -4.25. The van der Waals surface area contributed by atoms with Crippen molar-refractivity contribution in [1.29, 1.82) is 0 Å². The number of allylic oxidation sites excluding steroid dienone is 2. The van der Waals surface area contributed by atoms with Gasteiger partial charge < -0.3 is 25.4 Å². The summed E-state index contributed by atoms with van der Waals surface area (Å²) in [7, 11) is 0.120. The summed E-state index contributed by atoms with van der Waals surface area (Å²) < 4.78 is 50.4. The number of halogens is 3. The first-order valence-electron chi connectivity index (χ1n) is 5.84. The summed E-state index contributed by atoms with van der Waals surface area (Å²) in [6, 6.07) is 0. The Labute approximate surface area is 134 Å². The van der Waals surface area contributed by atoms with Crippen molar-refractivity contribution in [2.75, 3.05) is 20.0 Å². The van der Waals surface area contributed by atoms with Crippen LogP contribution >= 0.6 is 7.92 Å². The third kappa shape index (κ3) is 23.7. The molecule has 1 aliphatic carbocycles. The largest absolute Gasteiger partial charge is 0.577 e. The Morgan fingerprint density at radius 1 is 1.26 bits per heavy atom. The molecule has 0 saturated heterocycles. The minimum absolute atomic E-state index is 0. The van der Waals surface area contributed by atoms with E-state index in [4.69, 9.17) is 13.2 Å². The Morgan fingerprint density at radius 2 is 1.63 bits per heavy atom. The molecular weight excluding hydrogens is 446 g/mol. The molecule has 0 aromatic carbocycles. The predicted octanol–water partition coefficient (Wildman–Crippen LogP) is 5.22. The SMILES string of the molecule is C[PH+](C)C.[2H][C@H]1C=C[C@@H](C(F)(F)F)C[C@@H]1[2H].[CH3-].[CH3-].[N-]=O.[W]. The van der Waals surface area contributed by atoms with Gasteiger partial charge in [0, 0.05) is 43.8 Å². The van der Waals surface area contributed by atoms with Crippen LogP contribution in [-0.4, -0.2) is 26.2 Å². The van der Waals surface area contributed by atoms with Gasteiger partial charge in [-0.05, 0) is 27.1 Å². The normalized spacial score (nSPS) is 25.5. The second-order valence-electron chi connectivity index (χ2n) is 3.70. The average Bonchev–Trinajstić information content (AvgIpc) is 2.22. The zero-order valence-electron chi connectivity index (χ0n) is 14.0. The van der Waals surface area contributed by atoms with Gasteiger partial charge in [-0.25, -0.2) is 0 Å². The molecule has 19 heavy (non-hydrogen) atoms. The van der Waals surface area contributed by atoms with E-state index in [0.717, 1.165) is 12.2 Å². The molecule has 0 N–H and O–H groups in total. The van der Waals surface area contributed by atoms with Gasteiger partial charge in [-0.1, -0.05) is 12.2 Å². The number of hydrogen-bond donors (Lipinski definition) is 0. The maximum absolute atomic E-state index is 12.0. The van der Waals surface area contributed by atoms with E-state index in [2.05, 4.69) is 20.0 Å². The van der Waals surface area contributed by atoms with Crippen LogP contribution in [0.4, 0.5) is 13.2 Å². The van der Waals surface area contributed by atoms with E-state index in [1.54, 1.807) is 0 Å². The first-order valence-corrected chi connectivity index (χ1v) is 7.69. The van der Waals surface area contributed by atoms with Crippen LogP contribution in [0.25, 0.3) is 5.59 Å². The molecule has 0 radical (unpaired) electrons. The Hall–Kier alpha value is 0.248. The van der Waals surface area contributed by atoms with Crippen LogP contribution in [-0.2, 0) is 21.1 Å². The molecule has 0 unspecified atom stereocenters. The summed E-state index contributed by atoms with van der Waals surface area (Å²) in [4.78, 5) is 7.25.